The molecule has 0 unspecified atom stereocenters. The number of esters is 1. The van der Waals surface area contributed by atoms with Crippen LogP contribution < -0.4 is 4.90 Å². The molecule has 5 aliphatic rings. The SMILES string of the molecule is Cc1ccc(C)c(C(=O)COC(=O)c2ccccc2N2C(=O)[C@@H]3[C@@H]4C=C[C@@H]([C@@H]5C[C@H]45)[C@@H]3C2=O)c1. The normalized spacial score (nSPS) is 30.2. The van der Waals surface area contributed by atoms with Gasteiger partial charge >= 0.3 is 5.97 Å². The number of nitrogens with zero attached hydrogens (tertiary/aromatic N) is 1. The van der Waals surface area contributed by atoms with Crippen LogP contribution in [0.3, 0.4) is 0 Å². The molecule has 2 amide bonds. The average molecular weight is 456 g/mol. The summed E-state index contributed by atoms with van der Waals surface area (Å²) in [6, 6.07) is 12.0. The van der Waals surface area contributed by atoms with Crippen LogP contribution in [0.4, 0.5) is 5.69 Å². The van der Waals surface area contributed by atoms with Crippen LogP contribution in [0.25, 0.3) is 0 Å². The molecule has 2 bridgehead atoms. The van der Waals surface area contributed by atoms with Gasteiger partial charge in [-0.3, -0.25) is 14.4 Å². The van der Waals surface area contributed by atoms with Crippen molar-refractivity contribution in [3.63, 3.8) is 0 Å². The van der Waals surface area contributed by atoms with E-state index in [2.05, 4.69) is 12.2 Å². The fourth-order valence-electron chi connectivity index (χ4n) is 6.36. The predicted octanol–water partition coefficient (Wildman–Crippen LogP) is 3.90. The van der Waals surface area contributed by atoms with Gasteiger partial charge in [0.05, 0.1) is 23.1 Å². The number of Topliss-reactive ketones (excluding diaryl/α,β-unsaturated/α-hetero) is 1. The minimum Gasteiger partial charge on any atom is -0.454 e. The van der Waals surface area contributed by atoms with Crippen LogP contribution in [0, 0.1) is 49.4 Å². The number of para-hydroxylation sites is 1. The number of amides is 2. The van der Waals surface area contributed by atoms with Crippen molar-refractivity contribution in [3.05, 3.63) is 76.9 Å². The molecule has 0 radical (unpaired) electrons. The summed E-state index contributed by atoms with van der Waals surface area (Å²) in [6.45, 7) is 3.31. The average Bonchev–Trinajstić information content (AvgIpc) is 3.62. The zero-order chi connectivity index (χ0) is 23.7. The van der Waals surface area contributed by atoms with Crippen LogP contribution in [0.5, 0.6) is 0 Å². The molecule has 0 spiro atoms. The third kappa shape index (κ3) is 3.01. The highest BCUT2D eigenvalue weighted by Crippen LogP contribution is 2.65. The minimum absolute atomic E-state index is 0.107. The molecule has 1 saturated heterocycles. The van der Waals surface area contributed by atoms with Crippen LogP contribution in [0.1, 0.15) is 38.3 Å². The molecular weight excluding hydrogens is 430 g/mol. The topological polar surface area (TPSA) is 80.8 Å². The van der Waals surface area contributed by atoms with Gasteiger partial charge in [-0.25, -0.2) is 9.69 Å². The number of carbonyl (C=O) groups is 4. The molecule has 0 N–H and O–H groups in total. The smallest absolute Gasteiger partial charge is 0.340 e. The number of carbonyl (C=O) groups excluding carboxylic acids is 4. The lowest BCUT2D eigenvalue weighted by molar-refractivity contribution is -0.124. The third-order valence-corrected chi connectivity index (χ3v) is 8.06. The number of benzene rings is 2. The minimum atomic E-state index is -0.728. The summed E-state index contributed by atoms with van der Waals surface area (Å²) in [4.78, 5) is 53.8. The second kappa shape index (κ2) is 7.49. The molecule has 7 rings (SSSR count). The van der Waals surface area contributed by atoms with Gasteiger partial charge in [0.1, 0.15) is 0 Å². The summed E-state index contributed by atoms with van der Waals surface area (Å²) in [7, 11) is 0. The highest BCUT2D eigenvalue weighted by molar-refractivity contribution is 6.24. The highest BCUT2D eigenvalue weighted by Gasteiger charge is 2.67. The Labute approximate surface area is 197 Å². The van der Waals surface area contributed by atoms with E-state index in [4.69, 9.17) is 4.74 Å². The molecule has 34 heavy (non-hydrogen) atoms. The van der Waals surface area contributed by atoms with Gasteiger partial charge in [-0.2, -0.15) is 0 Å². The van der Waals surface area contributed by atoms with Gasteiger partial charge in [0.2, 0.25) is 17.6 Å². The Morgan fingerprint density at radius 2 is 1.56 bits per heavy atom. The third-order valence-electron chi connectivity index (χ3n) is 8.06. The van der Waals surface area contributed by atoms with Crippen molar-refractivity contribution in [1.82, 2.24) is 0 Å². The van der Waals surface area contributed by atoms with Crippen molar-refractivity contribution < 1.29 is 23.9 Å². The van der Waals surface area contributed by atoms with E-state index in [1.54, 1.807) is 24.3 Å². The number of aryl methyl sites for hydroxylation is 2. The zero-order valence-electron chi connectivity index (χ0n) is 19.1. The Hall–Kier alpha value is -3.54. The van der Waals surface area contributed by atoms with Gasteiger partial charge in [0.25, 0.3) is 0 Å². The van der Waals surface area contributed by atoms with Gasteiger partial charge in [-0.1, -0.05) is 42.0 Å². The maximum atomic E-state index is 13.5. The van der Waals surface area contributed by atoms with Crippen molar-refractivity contribution in [2.24, 2.45) is 35.5 Å². The van der Waals surface area contributed by atoms with Crippen LogP contribution in [0.15, 0.2) is 54.6 Å². The maximum Gasteiger partial charge on any atom is 0.340 e. The molecule has 2 saturated carbocycles. The Kier molecular flexibility index (Phi) is 4.63. The van der Waals surface area contributed by atoms with Gasteiger partial charge < -0.3 is 4.74 Å². The fourth-order valence-corrected chi connectivity index (χ4v) is 6.36. The first kappa shape index (κ1) is 21.0. The first-order valence-electron chi connectivity index (χ1n) is 11.8. The summed E-state index contributed by atoms with van der Waals surface area (Å²) in [5.41, 5.74) is 2.62. The highest BCUT2D eigenvalue weighted by atomic mass is 16.5. The first-order valence-corrected chi connectivity index (χ1v) is 11.8. The number of ketones is 1. The van der Waals surface area contributed by atoms with E-state index < -0.39 is 12.6 Å². The van der Waals surface area contributed by atoms with Crippen molar-refractivity contribution in [2.45, 2.75) is 20.3 Å². The molecule has 2 aromatic rings. The van der Waals surface area contributed by atoms with E-state index in [9.17, 15) is 19.2 Å². The van der Waals surface area contributed by atoms with Gasteiger partial charge in [-0.15, -0.1) is 0 Å². The Morgan fingerprint density at radius 3 is 2.24 bits per heavy atom. The second-order valence-electron chi connectivity index (χ2n) is 10.0. The lowest BCUT2D eigenvalue weighted by Crippen LogP contribution is -2.40. The number of ether oxygens (including phenoxy) is 1. The number of allylic oxidation sites excluding steroid dienone is 2. The largest absolute Gasteiger partial charge is 0.454 e. The van der Waals surface area contributed by atoms with Gasteiger partial charge in [-0.05, 0) is 67.7 Å². The number of anilines is 1. The van der Waals surface area contributed by atoms with Crippen LogP contribution >= 0.6 is 0 Å². The molecule has 4 aliphatic carbocycles. The Balaban J connectivity index is 1.24. The van der Waals surface area contributed by atoms with Gasteiger partial charge in [0, 0.05) is 5.56 Å². The molecule has 2 aromatic carbocycles. The van der Waals surface area contributed by atoms with Crippen molar-refractivity contribution >= 4 is 29.3 Å². The van der Waals surface area contributed by atoms with Crippen LogP contribution in [-0.2, 0) is 14.3 Å². The zero-order valence-corrected chi connectivity index (χ0v) is 19.1. The number of hydrogen-bond donors (Lipinski definition) is 0. The molecule has 3 fully saturated rings. The molecule has 172 valence electrons. The summed E-state index contributed by atoms with van der Waals surface area (Å²) < 4.78 is 5.36. The van der Waals surface area contributed by atoms with Crippen molar-refractivity contribution in [2.75, 3.05) is 11.5 Å². The molecule has 1 aliphatic heterocycles. The summed E-state index contributed by atoms with van der Waals surface area (Å²) in [5.74, 6) is -0.956. The molecule has 0 aromatic heterocycles. The summed E-state index contributed by atoms with van der Waals surface area (Å²) in [5, 5.41) is 0. The van der Waals surface area contributed by atoms with E-state index in [0.717, 1.165) is 17.5 Å². The summed E-state index contributed by atoms with van der Waals surface area (Å²) >= 11 is 0. The van der Waals surface area contributed by atoms with Gasteiger partial charge in [0.15, 0.2) is 6.61 Å². The predicted molar refractivity (Wildman–Crippen MR) is 124 cm³/mol. The quantitative estimate of drug-likeness (QED) is 0.296. The molecule has 1 heterocycles. The number of hydrogen-bond acceptors (Lipinski definition) is 5. The first-order chi connectivity index (χ1) is 16.4. The van der Waals surface area contributed by atoms with E-state index in [0.29, 0.717) is 17.4 Å². The van der Waals surface area contributed by atoms with Crippen LogP contribution in [-0.4, -0.2) is 30.2 Å². The van der Waals surface area contributed by atoms with E-state index in [-0.39, 0.29) is 52.5 Å². The monoisotopic (exact) mass is 455 g/mol. The standard InChI is InChI=1S/C28H25NO5/c1-14-7-8-15(2)19(11-14)23(30)13-34-28(33)18-5-3-4-6-22(18)29-26(31)24-16-9-10-17(21-12-20(16)21)25(24)27(29)32/h3-11,16-17,20-21,24-25H,12-13H2,1-2H3/t16-,17+,20-,21+,24-,25+. The lowest BCUT2D eigenvalue weighted by atomic mass is 9.63. The summed E-state index contributed by atoms with van der Waals surface area (Å²) in [6.07, 6.45) is 5.33. The molecule has 6 heteroatoms. The number of rotatable bonds is 5. The maximum absolute atomic E-state index is 13.5. The fraction of sp³-hybridized carbons (Fsp3) is 0.357. The lowest BCUT2D eigenvalue weighted by Gasteiger charge is -2.37. The molecule has 6 atom stereocenters. The van der Waals surface area contributed by atoms with Crippen molar-refractivity contribution in [1.29, 1.82) is 0 Å². The molecule has 6 nitrogen and oxygen atoms in total. The van der Waals surface area contributed by atoms with E-state index in [1.807, 2.05) is 26.0 Å². The Bertz CT molecular complexity index is 1260. The van der Waals surface area contributed by atoms with Crippen LogP contribution in [0.2, 0.25) is 0 Å². The Morgan fingerprint density at radius 1 is 0.912 bits per heavy atom. The van der Waals surface area contributed by atoms with Crippen molar-refractivity contribution in [3.8, 4) is 0 Å². The second-order valence-corrected chi connectivity index (χ2v) is 10.0. The van der Waals surface area contributed by atoms with E-state index in [1.165, 1.54) is 11.0 Å². The molecular formula is C28H25NO5. The number of imide groups is 1. The van der Waals surface area contributed by atoms with E-state index >= 15 is 0 Å².